The highest BCUT2D eigenvalue weighted by molar-refractivity contribution is 7.98. The molecule has 0 aliphatic rings. The number of aliphatic carboxylic acids is 1. The lowest BCUT2D eigenvalue weighted by atomic mass is 10.2. The third-order valence-electron chi connectivity index (χ3n) is 2.76. The van der Waals surface area contributed by atoms with Crippen LogP contribution in [0.3, 0.4) is 0 Å². The molecule has 0 spiro atoms. The number of carbonyl (C=O) groups is 2. The van der Waals surface area contributed by atoms with Gasteiger partial charge >= 0.3 is 12.0 Å². The number of benzene rings is 1. The summed E-state index contributed by atoms with van der Waals surface area (Å²) < 4.78 is 0. The molecule has 5 nitrogen and oxygen atoms in total. The third kappa shape index (κ3) is 5.13. The SMILES string of the molecule is CSc1cccc(CN(C(=O)NCC(=O)O)C(C)C)c1. The van der Waals surface area contributed by atoms with E-state index in [2.05, 4.69) is 5.32 Å². The van der Waals surface area contributed by atoms with Crippen LogP contribution in [0.15, 0.2) is 29.2 Å². The first-order chi connectivity index (χ1) is 9.43. The number of carboxylic acids is 1. The summed E-state index contributed by atoms with van der Waals surface area (Å²) in [5.41, 5.74) is 1.02. The molecule has 0 aromatic heterocycles. The van der Waals surface area contributed by atoms with Crippen molar-refractivity contribution in [2.75, 3.05) is 12.8 Å². The quantitative estimate of drug-likeness (QED) is 0.791. The van der Waals surface area contributed by atoms with Crippen molar-refractivity contribution in [3.63, 3.8) is 0 Å². The fraction of sp³-hybridized carbons (Fsp3) is 0.429. The Balaban J connectivity index is 2.75. The molecule has 0 aliphatic carbocycles. The summed E-state index contributed by atoms with van der Waals surface area (Å²) in [5.74, 6) is -1.05. The van der Waals surface area contributed by atoms with Gasteiger partial charge in [-0.05, 0) is 37.8 Å². The van der Waals surface area contributed by atoms with Gasteiger partial charge in [-0.25, -0.2) is 4.79 Å². The summed E-state index contributed by atoms with van der Waals surface area (Å²) in [6.07, 6.45) is 2.00. The van der Waals surface area contributed by atoms with Gasteiger partial charge in [-0.15, -0.1) is 11.8 Å². The molecule has 2 amide bonds. The average molecular weight is 296 g/mol. The van der Waals surface area contributed by atoms with Crippen LogP contribution in [0.5, 0.6) is 0 Å². The zero-order valence-corrected chi connectivity index (χ0v) is 12.7. The minimum Gasteiger partial charge on any atom is -0.480 e. The van der Waals surface area contributed by atoms with Crippen molar-refractivity contribution < 1.29 is 14.7 Å². The highest BCUT2D eigenvalue weighted by atomic mass is 32.2. The van der Waals surface area contributed by atoms with Crippen LogP contribution in [-0.4, -0.2) is 40.8 Å². The van der Waals surface area contributed by atoms with E-state index in [4.69, 9.17) is 5.11 Å². The van der Waals surface area contributed by atoms with Crippen molar-refractivity contribution >= 4 is 23.8 Å². The van der Waals surface area contributed by atoms with Gasteiger partial charge in [0.25, 0.3) is 0 Å². The van der Waals surface area contributed by atoms with Crippen LogP contribution in [0.4, 0.5) is 4.79 Å². The van der Waals surface area contributed by atoms with Crippen LogP contribution in [-0.2, 0) is 11.3 Å². The van der Waals surface area contributed by atoms with Crippen molar-refractivity contribution in [2.45, 2.75) is 31.3 Å². The van der Waals surface area contributed by atoms with Crippen molar-refractivity contribution in [3.05, 3.63) is 29.8 Å². The van der Waals surface area contributed by atoms with Crippen LogP contribution in [0.2, 0.25) is 0 Å². The van der Waals surface area contributed by atoms with E-state index in [0.717, 1.165) is 10.5 Å². The number of hydrogen-bond acceptors (Lipinski definition) is 3. The van der Waals surface area contributed by atoms with E-state index in [1.807, 2.05) is 44.4 Å². The van der Waals surface area contributed by atoms with Gasteiger partial charge in [0.2, 0.25) is 0 Å². The van der Waals surface area contributed by atoms with E-state index in [0.29, 0.717) is 6.54 Å². The smallest absolute Gasteiger partial charge is 0.323 e. The van der Waals surface area contributed by atoms with Gasteiger partial charge in [0.05, 0.1) is 0 Å². The largest absolute Gasteiger partial charge is 0.480 e. The first kappa shape index (κ1) is 16.4. The number of nitrogens with one attached hydrogen (secondary N) is 1. The fourth-order valence-electron chi connectivity index (χ4n) is 1.71. The molecule has 1 rings (SSSR count). The van der Waals surface area contributed by atoms with Crippen LogP contribution < -0.4 is 5.32 Å². The van der Waals surface area contributed by atoms with Crippen LogP contribution in [0, 0.1) is 0 Å². The molecular weight excluding hydrogens is 276 g/mol. The summed E-state index contributed by atoms with van der Waals surface area (Å²) >= 11 is 1.64. The van der Waals surface area contributed by atoms with Crippen LogP contribution in [0.25, 0.3) is 0 Å². The predicted molar refractivity (Wildman–Crippen MR) is 79.9 cm³/mol. The molecule has 20 heavy (non-hydrogen) atoms. The molecule has 0 radical (unpaired) electrons. The minimum atomic E-state index is -1.05. The molecular formula is C14H20N2O3S. The normalized spacial score (nSPS) is 10.4. The Morgan fingerprint density at radius 3 is 2.65 bits per heavy atom. The third-order valence-corrected chi connectivity index (χ3v) is 3.49. The molecule has 0 fully saturated rings. The summed E-state index contributed by atoms with van der Waals surface area (Å²) in [5, 5.41) is 11.0. The molecule has 0 saturated carbocycles. The number of urea groups is 1. The van der Waals surface area contributed by atoms with Gasteiger partial charge in [-0.1, -0.05) is 12.1 Å². The van der Waals surface area contributed by atoms with Gasteiger partial charge in [0, 0.05) is 17.5 Å². The van der Waals surface area contributed by atoms with Crippen LogP contribution >= 0.6 is 11.8 Å². The van der Waals surface area contributed by atoms with Crippen molar-refractivity contribution in [3.8, 4) is 0 Å². The van der Waals surface area contributed by atoms with Crippen molar-refractivity contribution in [1.29, 1.82) is 0 Å². The van der Waals surface area contributed by atoms with E-state index in [9.17, 15) is 9.59 Å². The van der Waals surface area contributed by atoms with Gasteiger partial charge in [0.1, 0.15) is 6.54 Å². The van der Waals surface area contributed by atoms with E-state index in [-0.39, 0.29) is 18.6 Å². The molecule has 1 aromatic rings. The molecule has 0 unspecified atom stereocenters. The lowest BCUT2D eigenvalue weighted by Gasteiger charge is -2.27. The number of hydrogen-bond donors (Lipinski definition) is 2. The van der Waals surface area contributed by atoms with Crippen molar-refractivity contribution in [1.82, 2.24) is 10.2 Å². The summed E-state index contributed by atoms with van der Waals surface area (Å²) in [4.78, 5) is 25.2. The number of thioether (sulfide) groups is 1. The first-order valence-corrected chi connectivity index (χ1v) is 7.55. The molecule has 0 saturated heterocycles. The maximum Gasteiger partial charge on any atom is 0.323 e. The molecule has 0 bridgehead atoms. The molecule has 110 valence electrons. The topological polar surface area (TPSA) is 69.6 Å². The molecule has 2 N–H and O–H groups in total. The number of amides is 2. The monoisotopic (exact) mass is 296 g/mol. The Kier molecular flexibility index (Phi) is 6.38. The van der Waals surface area contributed by atoms with Crippen molar-refractivity contribution in [2.24, 2.45) is 0 Å². The number of rotatable bonds is 6. The Bertz CT molecular complexity index is 477. The summed E-state index contributed by atoms with van der Waals surface area (Å²) in [6.45, 7) is 3.89. The van der Waals surface area contributed by atoms with E-state index >= 15 is 0 Å². The lowest BCUT2D eigenvalue weighted by Crippen LogP contribution is -2.45. The number of carboxylic acid groups (broad SMARTS) is 1. The maximum atomic E-state index is 12.0. The van der Waals surface area contributed by atoms with Crippen LogP contribution in [0.1, 0.15) is 19.4 Å². The molecule has 6 heteroatoms. The number of nitrogens with zero attached hydrogens (tertiary/aromatic N) is 1. The standard InChI is InChI=1S/C14H20N2O3S/c1-10(2)16(14(19)15-8-13(17)18)9-11-5-4-6-12(7-11)20-3/h4-7,10H,8-9H2,1-3H3,(H,15,19)(H,17,18). The van der Waals surface area contributed by atoms with E-state index < -0.39 is 5.97 Å². The highest BCUT2D eigenvalue weighted by Crippen LogP contribution is 2.17. The highest BCUT2D eigenvalue weighted by Gasteiger charge is 2.17. The number of carbonyl (C=O) groups excluding carboxylic acids is 1. The Morgan fingerprint density at radius 2 is 2.10 bits per heavy atom. The van der Waals surface area contributed by atoms with Gasteiger partial charge in [-0.3, -0.25) is 4.79 Å². The maximum absolute atomic E-state index is 12.0. The van der Waals surface area contributed by atoms with Gasteiger partial charge < -0.3 is 15.3 Å². The van der Waals surface area contributed by atoms with Gasteiger partial charge in [0.15, 0.2) is 0 Å². The Labute approximate surface area is 123 Å². The molecule has 1 aromatic carbocycles. The minimum absolute atomic E-state index is 0.0123. The van der Waals surface area contributed by atoms with E-state index in [1.54, 1.807) is 16.7 Å². The second kappa shape index (κ2) is 7.79. The summed E-state index contributed by atoms with van der Waals surface area (Å²) in [6, 6.07) is 7.58. The zero-order valence-electron chi connectivity index (χ0n) is 11.9. The van der Waals surface area contributed by atoms with Gasteiger partial charge in [-0.2, -0.15) is 0 Å². The molecule has 0 aliphatic heterocycles. The molecule has 0 atom stereocenters. The summed E-state index contributed by atoms with van der Waals surface area (Å²) in [7, 11) is 0. The second-order valence-corrected chi connectivity index (χ2v) is 5.51. The first-order valence-electron chi connectivity index (χ1n) is 6.33. The average Bonchev–Trinajstić information content (AvgIpc) is 2.42. The van der Waals surface area contributed by atoms with E-state index in [1.165, 1.54) is 0 Å². The predicted octanol–water partition coefficient (Wildman–Crippen LogP) is 2.41. The zero-order chi connectivity index (χ0) is 15.1. The lowest BCUT2D eigenvalue weighted by molar-refractivity contribution is -0.135. The Morgan fingerprint density at radius 1 is 1.40 bits per heavy atom. The fourth-order valence-corrected chi connectivity index (χ4v) is 2.19. The second-order valence-electron chi connectivity index (χ2n) is 4.63. The Hall–Kier alpha value is -1.69. The molecule has 0 heterocycles.